The van der Waals surface area contributed by atoms with Gasteiger partial charge in [-0.3, -0.25) is 9.59 Å². The molecule has 3 fully saturated rings. The molecule has 1 N–H and O–H groups in total. The third-order valence-electron chi connectivity index (χ3n) is 4.44. The van der Waals surface area contributed by atoms with Crippen LogP contribution in [0.1, 0.15) is 12.8 Å². The van der Waals surface area contributed by atoms with Gasteiger partial charge in [-0.05, 0) is 12.8 Å². The molecule has 6 nitrogen and oxygen atoms in total. The van der Waals surface area contributed by atoms with E-state index in [0.29, 0.717) is 26.4 Å². The summed E-state index contributed by atoms with van der Waals surface area (Å²) in [6.45, 7) is 2.28. The molecule has 0 aromatic carbocycles. The molecular formula is C13H20N2O4. The van der Waals surface area contributed by atoms with Gasteiger partial charge in [0.25, 0.3) is 0 Å². The summed E-state index contributed by atoms with van der Waals surface area (Å²) < 4.78 is 11.0. The molecule has 0 saturated carbocycles. The number of ether oxygens (including phenoxy) is 2. The van der Waals surface area contributed by atoms with Gasteiger partial charge in [0.15, 0.2) is 0 Å². The van der Waals surface area contributed by atoms with E-state index < -0.39 is 0 Å². The molecular weight excluding hydrogens is 248 g/mol. The molecule has 3 heterocycles. The number of amides is 2. The first kappa shape index (κ1) is 12.9. The van der Waals surface area contributed by atoms with E-state index in [4.69, 9.17) is 9.47 Å². The van der Waals surface area contributed by atoms with Crippen LogP contribution in [0.4, 0.5) is 0 Å². The minimum Gasteiger partial charge on any atom is -0.381 e. The normalized spacial score (nSPS) is 37.4. The molecule has 0 aliphatic carbocycles. The van der Waals surface area contributed by atoms with Crippen molar-refractivity contribution in [3.63, 3.8) is 0 Å². The van der Waals surface area contributed by atoms with Gasteiger partial charge in [0.1, 0.15) is 0 Å². The van der Waals surface area contributed by atoms with E-state index in [1.807, 2.05) is 4.90 Å². The van der Waals surface area contributed by atoms with Gasteiger partial charge in [0.05, 0.1) is 30.6 Å². The van der Waals surface area contributed by atoms with Crippen molar-refractivity contribution < 1.29 is 19.1 Å². The van der Waals surface area contributed by atoms with Gasteiger partial charge in [-0.2, -0.15) is 0 Å². The van der Waals surface area contributed by atoms with E-state index in [-0.39, 0.29) is 35.8 Å². The van der Waals surface area contributed by atoms with Gasteiger partial charge in [0, 0.05) is 26.8 Å². The van der Waals surface area contributed by atoms with Gasteiger partial charge in [-0.1, -0.05) is 0 Å². The molecule has 3 saturated heterocycles. The summed E-state index contributed by atoms with van der Waals surface area (Å²) in [5, 5.41) is 2.67. The molecule has 4 atom stereocenters. The molecule has 19 heavy (non-hydrogen) atoms. The molecule has 0 aromatic rings. The summed E-state index contributed by atoms with van der Waals surface area (Å²) in [5.41, 5.74) is 0. The van der Waals surface area contributed by atoms with Crippen molar-refractivity contribution in [2.45, 2.75) is 25.0 Å². The topological polar surface area (TPSA) is 67.9 Å². The van der Waals surface area contributed by atoms with Crippen molar-refractivity contribution in [3.8, 4) is 0 Å². The Morgan fingerprint density at radius 1 is 1.26 bits per heavy atom. The third-order valence-corrected chi connectivity index (χ3v) is 4.44. The number of fused-ring (bicyclic) bond motifs is 1. The van der Waals surface area contributed by atoms with Crippen LogP contribution in [-0.4, -0.2) is 62.3 Å². The maximum Gasteiger partial charge on any atom is 0.228 e. The lowest BCUT2D eigenvalue weighted by atomic mass is 10.0. The van der Waals surface area contributed by atoms with E-state index in [0.717, 1.165) is 12.8 Å². The molecule has 106 valence electrons. The zero-order chi connectivity index (χ0) is 13.4. The highest BCUT2D eigenvalue weighted by Gasteiger charge is 2.51. The van der Waals surface area contributed by atoms with E-state index in [2.05, 4.69) is 5.32 Å². The number of carbonyl (C=O) groups is 2. The highest BCUT2D eigenvalue weighted by molar-refractivity contribution is 5.84. The van der Waals surface area contributed by atoms with Gasteiger partial charge in [-0.15, -0.1) is 0 Å². The van der Waals surface area contributed by atoms with Crippen molar-refractivity contribution in [1.29, 1.82) is 0 Å². The van der Waals surface area contributed by atoms with Crippen LogP contribution in [0, 0.1) is 11.8 Å². The van der Waals surface area contributed by atoms with Gasteiger partial charge < -0.3 is 19.7 Å². The van der Waals surface area contributed by atoms with Crippen LogP contribution in [-0.2, 0) is 19.1 Å². The Hall–Kier alpha value is -1.14. The first-order chi connectivity index (χ1) is 9.22. The Morgan fingerprint density at radius 2 is 2.11 bits per heavy atom. The largest absolute Gasteiger partial charge is 0.381 e. The Kier molecular flexibility index (Phi) is 3.45. The minimum atomic E-state index is -0.233. The number of likely N-dealkylation sites (tertiary alicyclic amines) is 1. The first-order valence-electron chi connectivity index (χ1n) is 6.94. The highest BCUT2D eigenvalue weighted by Crippen LogP contribution is 2.35. The number of rotatable bonds is 2. The molecule has 6 heteroatoms. The zero-order valence-corrected chi connectivity index (χ0v) is 11.1. The Bertz CT molecular complexity index is 381. The van der Waals surface area contributed by atoms with Crippen LogP contribution in [0.25, 0.3) is 0 Å². The fourth-order valence-electron chi connectivity index (χ4n) is 3.40. The van der Waals surface area contributed by atoms with E-state index in [1.54, 1.807) is 7.05 Å². The zero-order valence-electron chi connectivity index (χ0n) is 11.1. The second kappa shape index (κ2) is 5.09. The molecule has 2 amide bonds. The number of nitrogens with one attached hydrogen (secondary N) is 1. The molecule has 0 bridgehead atoms. The van der Waals surface area contributed by atoms with Crippen molar-refractivity contribution in [2.75, 3.05) is 33.4 Å². The van der Waals surface area contributed by atoms with E-state index in [9.17, 15) is 9.59 Å². The summed E-state index contributed by atoms with van der Waals surface area (Å²) >= 11 is 0. The van der Waals surface area contributed by atoms with Crippen molar-refractivity contribution in [2.24, 2.45) is 11.8 Å². The van der Waals surface area contributed by atoms with Crippen molar-refractivity contribution in [1.82, 2.24) is 10.2 Å². The third kappa shape index (κ3) is 2.12. The lowest BCUT2D eigenvalue weighted by Gasteiger charge is -2.25. The second-order valence-electron chi connectivity index (χ2n) is 5.46. The van der Waals surface area contributed by atoms with E-state index in [1.165, 1.54) is 0 Å². The maximum atomic E-state index is 12.5. The van der Waals surface area contributed by atoms with Crippen LogP contribution < -0.4 is 5.32 Å². The number of carbonyl (C=O) groups excluding carboxylic acids is 2. The van der Waals surface area contributed by atoms with Crippen LogP contribution in [0.5, 0.6) is 0 Å². The highest BCUT2D eigenvalue weighted by atomic mass is 16.5. The molecule has 3 aliphatic heterocycles. The van der Waals surface area contributed by atoms with Crippen LogP contribution >= 0.6 is 0 Å². The predicted molar refractivity (Wildman–Crippen MR) is 66.3 cm³/mol. The van der Waals surface area contributed by atoms with Crippen molar-refractivity contribution in [3.05, 3.63) is 0 Å². The lowest BCUT2D eigenvalue weighted by molar-refractivity contribution is -0.136. The quantitative estimate of drug-likeness (QED) is 0.725. The second-order valence-corrected chi connectivity index (χ2v) is 5.46. The standard InChI is InChI=1S/C13H20N2O4/c1-14-12(16)9-6-15(10-3-5-19-11(9)10)13(17)8-2-4-18-7-8/h8-11H,2-7H2,1H3,(H,14,16)/t8-,9+,10-,11-/m1/s1. The van der Waals surface area contributed by atoms with Crippen LogP contribution in [0.3, 0.4) is 0 Å². The number of hydrogen-bond donors (Lipinski definition) is 1. The summed E-state index contributed by atoms with van der Waals surface area (Å²) in [6.07, 6.45) is 1.49. The van der Waals surface area contributed by atoms with Crippen LogP contribution in [0.15, 0.2) is 0 Å². The summed E-state index contributed by atoms with van der Waals surface area (Å²) in [5.74, 6) is -0.173. The molecule has 0 spiro atoms. The fourth-order valence-corrected chi connectivity index (χ4v) is 3.40. The fraction of sp³-hybridized carbons (Fsp3) is 0.846. The maximum absolute atomic E-state index is 12.5. The SMILES string of the molecule is CNC(=O)[C@H]1CN(C(=O)[C@@H]2CCOC2)[C@@H]2CCO[C@H]12. The van der Waals surface area contributed by atoms with E-state index >= 15 is 0 Å². The molecule has 0 radical (unpaired) electrons. The van der Waals surface area contributed by atoms with Crippen molar-refractivity contribution >= 4 is 11.8 Å². The van der Waals surface area contributed by atoms with Gasteiger partial charge in [-0.25, -0.2) is 0 Å². The average molecular weight is 268 g/mol. The summed E-state index contributed by atoms with van der Waals surface area (Å²) in [6, 6.07) is 0.0652. The minimum absolute atomic E-state index is 0.0325. The van der Waals surface area contributed by atoms with Crippen LogP contribution in [0.2, 0.25) is 0 Å². The Morgan fingerprint density at radius 3 is 2.79 bits per heavy atom. The Labute approximate surface area is 112 Å². The van der Waals surface area contributed by atoms with Gasteiger partial charge in [0.2, 0.25) is 11.8 Å². The first-order valence-corrected chi connectivity index (χ1v) is 6.94. The Balaban J connectivity index is 1.75. The molecule has 0 aromatic heterocycles. The summed E-state index contributed by atoms with van der Waals surface area (Å²) in [7, 11) is 1.63. The number of nitrogens with zero attached hydrogens (tertiary/aromatic N) is 1. The molecule has 3 rings (SSSR count). The predicted octanol–water partition coefficient (Wildman–Crippen LogP) is -0.615. The lowest BCUT2D eigenvalue weighted by Crippen LogP contribution is -2.41. The number of hydrogen-bond acceptors (Lipinski definition) is 4. The molecule has 0 unspecified atom stereocenters. The average Bonchev–Trinajstić information content (AvgIpc) is 3.12. The van der Waals surface area contributed by atoms with Gasteiger partial charge >= 0.3 is 0 Å². The summed E-state index contributed by atoms with van der Waals surface area (Å²) in [4.78, 5) is 26.3. The molecule has 3 aliphatic rings. The monoisotopic (exact) mass is 268 g/mol. The smallest absolute Gasteiger partial charge is 0.228 e.